The lowest BCUT2D eigenvalue weighted by Gasteiger charge is -2.27. The smallest absolute Gasteiger partial charge is 0.405 e. The first-order chi connectivity index (χ1) is 11.3. The number of ether oxygens (including phenoxy) is 1. The van der Waals surface area contributed by atoms with Gasteiger partial charge >= 0.3 is 6.09 Å². The third-order valence-electron chi connectivity index (χ3n) is 4.82. The zero-order chi connectivity index (χ0) is 17.5. The highest BCUT2D eigenvalue weighted by Gasteiger charge is 2.40. The fourth-order valence-corrected chi connectivity index (χ4v) is 3.67. The van der Waals surface area contributed by atoms with Crippen molar-refractivity contribution in [3.8, 4) is 16.9 Å². The Labute approximate surface area is 142 Å². The predicted molar refractivity (Wildman–Crippen MR) is 94.6 cm³/mol. The number of aryl methyl sites for hydroxylation is 1. The maximum absolute atomic E-state index is 11.1. The third kappa shape index (κ3) is 2.84. The van der Waals surface area contributed by atoms with Gasteiger partial charge in [-0.05, 0) is 47.6 Å². The monoisotopic (exact) mass is 325 g/mol. The van der Waals surface area contributed by atoms with Gasteiger partial charge in [-0.15, -0.1) is 0 Å². The van der Waals surface area contributed by atoms with Gasteiger partial charge < -0.3 is 15.2 Å². The van der Waals surface area contributed by atoms with E-state index in [-0.39, 0.29) is 11.5 Å². The van der Waals surface area contributed by atoms with Gasteiger partial charge in [0.15, 0.2) is 0 Å². The SMILES string of the molecule is COc1ccc(C)cc1-c1ccc2c(c1)CC(C)(C)C2NC(=O)O. The van der Waals surface area contributed by atoms with Crippen molar-refractivity contribution in [1.29, 1.82) is 0 Å². The average Bonchev–Trinajstić information content (AvgIpc) is 2.76. The van der Waals surface area contributed by atoms with Crippen LogP contribution in [0.25, 0.3) is 11.1 Å². The molecule has 1 amide bonds. The summed E-state index contributed by atoms with van der Waals surface area (Å²) in [5.74, 6) is 0.845. The van der Waals surface area contributed by atoms with Crippen molar-refractivity contribution in [2.75, 3.05) is 7.11 Å². The number of nitrogens with one attached hydrogen (secondary N) is 1. The van der Waals surface area contributed by atoms with Crippen molar-refractivity contribution in [1.82, 2.24) is 5.32 Å². The molecular weight excluding hydrogens is 302 g/mol. The molecule has 4 heteroatoms. The lowest BCUT2D eigenvalue weighted by molar-refractivity contribution is 0.175. The molecule has 1 atom stereocenters. The van der Waals surface area contributed by atoms with E-state index in [2.05, 4.69) is 38.2 Å². The molecule has 2 aromatic rings. The molecular formula is C20H23NO3. The number of carboxylic acid groups (broad SMARTS) is 1. The minimum atomic E-state index is -0.981. The summed E-state index contributed by atoms with van der Waals surface area (Å²) in [4.78, 5) is 11.1. The Kier molecular flexibility index (Phi) is 3.99. The largest absolute Gasteiger partial charge is 0.496 e. The fourth-order valence-electron chi connectivity index (χ4n) is 3.67. The van der Waals surface area contributed by atoms with Crippen molar-refractivity contribution in [2.45, 2.75) is 33.2 Å². The van der Waals surface area contributed by atoms with Gasteiger partial charge in [-0.3, -0.25) is 0 Å². The highest BCUT2D eigenvalue weighted by atomic mass is 16.5. The third-order valence-corrected chi connectivity index (χ3v) is 4.82. The van der Waals surface area contributed by atoms with Crippen molar-refractivity contribution >= 4 is 6.09 Å². The normalized spacial score (nSPS) is 18.1. The highest BCUT2D eigenvalue weighted by molar-refractivity contribution is 5.73. The van der Waals surface area contributed by atoms with Gasteiger partial charge in [0.2, 0.25) is 0 Å². The Morgan fingerprint density at radius 2 is 2.00 bits per heavy atom. The van der Waals surface area contributed by atoms with Gasteiger partial charge in [0.1, 0.15) is 5.75 Å². The van der Waals surface area contributed by atoms with Crippen LogP contribution in [0.1, 0.15) is 36.6 Å². The minimum absolute atomic E-state index is 0.143. The number of carbonyl (C=O) groups is 1. The summed E-state index contributed by atoms with van der Waals surface area (Å²) in [6.07, 6.45) is -0.139. The summed E-state index contributed by atoms with van der Waals surface area (Å²) in [6, 6.07) is 12.2. The van der Waals surface area contributed by atoms with E-state index < -0.39 is 6.09 Å². The van der Waals surface area contributed by atoms with Crippen LogP contribution in [-0.4, -0.2) is 18.3 Å². The van der Waals surface area contributed by atoms with Crippen LogP contribution in [-0.2, 0) is 6.42 Å². The second-order valence-corrected chi connectivity index (χ2v) is 7.17. The highest BCUT2D eigenvalue weighted by Crippen LogP contribution is 2.46. The lowest BCUT2D eigenvalue weighted by Crippen LogP contribution is -2.34. The van der Waals surface area contributed by atoms with Gasteiger partial charge in [0.05, 0.1) is 13.2 Å². The predicted octanol–water partition coefficient (Wildman–Crippen LogP) is 4.56. The summed E-state index contributed by atoms with van der Waals surface area (Å²) < 4.78 is 5.50. The van der Waals surface area contributed by atoms with E-state index in [4.69, 9.17) is 9.84 Å². The van der Waals surface area contributed by atoms with Crippen LogP contribution in [0.2, 0.25) is 0 Å². The first kappa shape index (κ1) is 16.4. The van der Waals surface area contributed by atoms with E-state index >= 15 is 0 Å². The zero-order valence-electron chi connectivity index (χ0n) is 14.5. The molecule has 0 spiro atoms. The quantitative estimate of drug-likeness (QED) is 0.869. The van der Waals surface area contributed by atoms with Crippen molar-refractivity contribution in [3.05, 3.63) is 53.1 Å². The molecule has 1 aliphatic rings. The molecule has 0 aliphatic heterocycles. The molecule has 24 heavy (non-hydrogen) atoms. The molecule has 0 fully saturated rings. The van der Waals surface area contributed by atoms with Gasteiger partial charge in [-0.1, -0.05) is 43.7 Å². The van der Waals surface area contributed by atoms with Crippen LogP contribution in [0.4, 0.5) is 4.79 Å². The second-order valence-electron chi connectivity index (χ2n) is 7.17. The van der Waals surface area contributed by atoms with E-state index in [1.54, 1.807) is 7.11 Å². The summed E-state index contributed by atoms with van der Waals surface area (Å²) in [7, 11) is 1.68. The molecule has 0 aromatic heterocycles. The Morgan fingerprint density at radius 3 is 2.67 bits per heavy atom. The van der Waals surface area contributed by atoms with E-state index in [9.17, 15) is 4.79 Å². The fraction of sp³-hybridized carbons (Fsp3) is 0.350. The molecule has 3 rings (SSSR count). The molecule has 1 aliphatic carbocycles. The molecule has 2 N–H and O–H groups in total. The van der Waals surface area contributed by atoms with Crippen LogP contribution in [0.5, 0.6) is 5.75 Å². The summed E-state index contributed by atoms with van der Waals surface area (Å²) >= 11 is 0. The van der Waals surface area contributed by atoms with Crippen molar-refractivity contribution < 1.29 is 14.6 Å². The van der Waals surface area contributed by atoms with Crippen molar-refractivity contribution in [3.63, 3.8) is 0 Å². The molecule has 1 unspecified atom stereocenters. The lowest BCUT2D eigenvalue weighted by atomic mass is 9.85. The van der Waals surface area contributed by atoms with Crippen LogP contribution >= 0.6 is 0 Å². The standard InChI is InChI=1S/C20H23NO3/c1-12-5-8-17(24-4)16(9-12)13-6-7-15-14(10-13)11-20(2,3)18(15)21-19(22)23/h5-10,18,21H,11H2,1-4H3,(H,22,23). The first-order valence-corrected chi connectivity index (χ1v) is 8.09. The molecule has 0 saturated carbocycles. The molecule has 0 heterocycles. The maximum atomic E-state index is 11.1. The number of benzene rings is 2. The maximum Gasteiger partial charge on any atom is 0.405 e. The molecule has 0 bridgehead atoms. The van der Waals surface area contributed by atoms with E-state index in [1.165, 1.54) is 11.1 Å². The van der Waals surface area contributed by atoms with Crippen molar-refractivity contribution in [2.24, 2.45) is 5.41 Å². The van der Waals surface area contributed by atoms with E-state index in [0.29, 0.717) is 0 Å². The van der Waals surface area contributed by atoms with E-state index in [0.717, 1.165) is 28.9 Å². The molecule has 0 saturated heterocycles. The Bertz CT molecular complexity index is 795. The van der Waals surface area contributed by atoms with Crippen LogP contribution in [0, 0.1) is 12.3 Å². The van der Waals surface area contributed by atoms with Crippen LogP contribution in [0.15, 0.2) is 36.4 Å². The zero-order valence-corrected chi connectivity index (χ0v) is 14.5. The minimum Gasteiger partial charge on any atom is -0.496 e. The van der Waals surface area contributed by atoms with Gasteiger partial charge in [0.25, 0.3) is 0 Å². The number of rotatable bonds is 3. The number of methoxy groups -OCH3 is 1. The second kappa shape index (κ2) is 5.86. The number of hydrogen-bond acceptors (Lipinski definition) is 2. The average molecular weight is 325 g/mol. The Hall–Kier alpha value is -2.49. The Balaban J connectivity index is 2.06. The van der Waals surface area contributed by atoms with Gasteiger partial charge in [-0.2, -0.15) is 0 Å². The molecule has 0 radical (unpaired) electrons. The summed E-state index contributed by atoms with van der Waals surface area (Å²) in [5, 5.41) is 11.8. The number of fused-ring (bicyclic) bond motifs is 1. The van der Waals surface area contributed by atoms with Crippen LogP contribution < -0.4 is 10.1 Å². The van der Waals surface area contributed by atoms with Gasteiger partial charge in [-0.25, -0.2) is 4.79 Å². The molecule has 4 nitrogen and oxygen atoms in total. The Morgan fingerprint density at radius 1 is 1.25 bits per heavy atom. The first-order valence-electron chi connectivity index (χ1n) is 8.09. The van der Waals surface area contributed by atoms with E-state index in [1.807, 2.05) is 24.3 Å². The summed E-state index contributed by atoms with van der Waals surface area (Å²) in [5.41, 5.74) is 5.46. The van der Waals surface area contributed by atoms with Crippen LogP contribution in [0.3, 0.4) is 0 Å². The summed E-state index contributed by atoms with van der Waals surface area (Å²) in [6.45, 7) is 6.26. The number of hydrogen-bond donors (Lipinski definition) is 2. The number of amides is 1. The topological polar surface area (TPSA) is 58.6 Å². The molecule has 2 aromatic carbocycles. The van der Waals surface area contributed by atoms with Gasteiger partial charge in [0, 0.05) is 5.56 Å². The molecule has 126 valence electrons.